The number of halogens is 3. The molecule has 0 aliphatic carbocycles. The average molecular weight is 290 g/mol. The fourth-order valence-electron chi connectivity index (χ4n) is 1.78. The normalized spacial score (nSPS) is 13.6. The first-order valence-electron chi connectivity index (χ1n) is 5.84. The average Bonchev–Trinajstić information content (AvgIpc) is 2.27. The summed E-state index contributed by atoms with van der Waals surface area (Å²) in [4.78, 5) is 2.31. The first-order chi connectivity index (χ1) is 8.70. The molecule has 0 heterocycles. The Morgan fingerprint density at radius 1 is 1.42 bits per heavy atom. The summed E-state index contributed by atoms with van der Waals surface area (Å²) in [6.45, 7) is 2.94. The highest BCUT2D eigenvalue weighted by atomic mass is 32.1. The van der Waals surface area contributed by atoms with Crippen LogP contribution in [0.3, 0.4) is 0 Å². The van der Waals surface area contributed by atoms with Crippen molar-refractivity contribution in [1.29, 1.82) is 0 Å². The highest BCUT2D eigenvalue weighted by molar-refractivity contribution is 7.80. The van der Waals surface area contributed by atoms with Crippen molar-refractivity contribution in [3.8, 4) is 0 Å². The smallest absolute Gasteiger partial charge is 0.393 e. The Bertz CT molecular complexity index is 446. The standard InChI is InChI=1S/C13H17F3N2S/c1-9(12(17)19)7-18(2)8-10-4-3-5-11(6-10)13(14,15)16/h3-6,9H,7-8H2,1-2H3,(H2,17,19). The van der Waals surface area contributed by atoms with Crippen molar-refractivity contribution in [2.75, 3.05) is 13.6 Å². The molecule has 1 aromatic rings. The first-order valence-corrected chi connectivity index (χ1v) is 6.25. The largest absolute Gasteiger partial charge is 0.416 e. The second-order valence-corrected chi connectivity index (χ2v) is 5.17. The van der Waals surface area contributed by atoms with E-state index in [1.165, 1.54) is 12.1 Å². The lowest BCUT2D eigenvalue weighted by Crippen LogP contribution is -2.31. The van der Waals surface area contributed by atoms with Crippen molar-refractivity contribution < 1.29 is 13.2 Å². The number of hydrogen-bond acceptors (Lipinski definition) is 2. The molecule has 2 N–H and O–H groups in total. The van der Waals surface area contributed by atoms with Gasteiger partial charge in [0.05, 0.1) is 10.6 Å². The molecule has 1 aromatic carbocycles. The number of benzene rings is 1. The molecule has 0 aliphatic heterocycles. The van der Waals surface area contributed by atoms with E-state index in [-0.39, 0.29) is 5.92 Å². The fraction of sp³-hybridized carbons (Fsp3) is 0.462. The molecule has 0 aromatic heterocycles. The van der Waals surface area contributed by atoms with E-state index in [4.69, 9.17) is 18.0 Å². The predicted octanol–water partition coefficient (Wildman–Crippen LogP) is 3.06. The quantitative estimate of drug-likeness (QED) is 0.845. The van der Waals surface area contributed by atoms with Gasteiger partial charge in [-0.15, -0.1) is 0 Å². The molecule has 1 unspecified atom stereocenters. The minimum absolute atomic E-state index is 0.0331. The minimum atomic E-state index is -4.30. The van der Waals surface area contributed by atoms with Gasteiger partial charge in [-0.2, -0.15) is 13.2 Å². The number of hydrogen-bond donors (Lipinski definition) is 1. The summed E-state index contributed by atoms with van der Waals surface area (Å²) >= 11 is 4.87. The van der Waals surface area contributed by atoms with Crippen LogP contribution in [0.1, 0.15) is 18.1 Å². The minimum Gasteiger partial charge on any atom is -0.393 e. The molecule has 1 rings (SSSR count). The first kappa shape index (κ1) is 15.9. The molecule has 19 heavy (non-hydrogen) atoms. The Hall–Kier alpha value is -1.14. The Labute approximate surface area is 116 Å². The van der Waals surface area contributed by atoms with Gasteiger partial charge in [-0.25, -0.2) is 0 Å². The van der Waals surface area contributed by atoms with Gasteiger partial charge in [0, 0.05) is 19.0 Å². The van der Waals surface area contributed by atoms with Gasteiger partial charge in [0.2, 0.25) is 0 Å². The molecule has 0 radical (unpaired) electrons. The molecule has 0 aliphatic rings. The van der Waals surface area contributed by atoms with Crippen LogP contribution in [0.25, 0.3) is 0 Å². The van der Waals surface area contributed by atoms with Gasteiger partial charge in [0.1, 0.15) is 0 Å². The van der Waals surface area contributed by atoms with Crippen molar-refractivity contribution in [2.24, 2.45) is 11.7 Å². The molecular weight excluding hydrogens is 273 g/mol. The number of alkyl halides is 3. The summed E-state index contributed by atoms with van der Waals surface area (Å²) in [5.74, 6) is 0.0331. The maximum absolute atomic E-state index is 12.6. The lowest BCUT2D eigenvalue weighted by atomic mass is 10.1. The van der Waals surface area contributed by atoms with Crippen molar-refractivity contribution in [3.63, 3.8) is 0 Å². The van der Waals surface area contributed by atoms with Gasteiger partial charge >= 0.3 is 6.18 Å². The molecule has 6 heteroatoms. The summed E-state index contributed by atoms with van der Waals surface area (Å²) in [6, 6.07) is 5.34. The van der Waals surface area contributed by atoms with Gasteiger partial charge in [0.25, 0.3) is 0 Å². The maximum atomic E-state index is 12.6. The van der Waals surface area contributed by atoms with Crippen LogP contribution in [0, 0.1) is 5.92 Å². The third-order valence-electron chi connectivity index (χ3n) is 2.78. The van der Waals surface area contributed by atoms with Gasteiger partial charge < -0.3 is 10.6 Å². The Kier molecular flexibility index (Phi) is 5.31. The molecule has 0 saturated carbocycles. The van der Waals surface area contributed by atoms with Crippen LogP contribution in [0.15, 0.2) is 24.3 Å². The van der Waals surface area contributed by atoms with E-state index in [0.29, 0.717) is 23.6 Å². The molecule has 0 fully saturated rings. The van der Waals surface area contributed by atoms with E-state index < -0.39 is 11.7 Å². The number of nitrogens with zero attached hydrogens (tertiary/aromatic N) is 1. The van der Waals surface area contributed by atoms with E-state index in [0.717, 1.165) is 6.07 Å². The van der Waals surface area contributed by atoms with Gasteiger partial charge in [-0.1, -0.05) is 37.3 Å². The van der Waals surface area contributed by atoms with Gasteiger partial charge in [-0.3, -0.25) is 0 Å². The molecule has 1 atom stereocenters. The third kappa shape index (κ3) is 5.16. The topological polar surface area (TPSA) is 29.3 Å². The lowest BCUT2D eigenvalue weighted by molar-refractivity contribution is -0.137. The number of nitrogens with two attached hydrogens (primary N) is 1. The Morgan fingerprint density at radius 2 is 2.05 bits per heavy atom. The van der Waals surface area contributed by atoms with E-state index in [2.05, 4.69) is 0 Å². The maximum Gasteiger partial charge on any atom is 0.416 e. The SMILES string of the molecule is CC(CN(C)Cc1cccc(C(F)(F)F)c1)C(N)=S. The summed E-state index contributed by atoms with van der Waals surface area (Å²) in [5, 5.41) is 0. The molecule has 0 spiro atoms. The molecule has 106 valence electrons. The van der Waals surface area contributed by atoms with Gasteiger partial charge in [-0.05, 0) is 18.7 Å². The van der Waals surface area contributed by atoms with E-state index in [9.17, 15) is 13.2 Å². The Balaban J connectivity index is 2.70. The second-order valence-electron chi connectivity index (χ2n) is 4.70. The fourth-order valence-corrected chi connectivity index (χ4v) is 1.85. The highest BCUT2D eigenvalue weighted by Gasteiger charge is 2.30. The summed E-state index contributed by atoms with van der Waals surface area (Å²) in [5.41, 5.74) is 5.51. The van der Waals surface area contributed by atoms with Crippen LogP contribution in [0.2, 0.25) is 0 Å². The van der Waals surface area contributed by atoms with Crippen LogP contribution < -0.4 is 5.73 Å². The van der Waals surface area contributed by atoms with Crippen LogP contribution in [-0.2, 0) is 12.7 Å². The zero-order valence-electron chi connectivity index (χ0n) is 10.9. The van der Waals surface area contributed by atoms with Crippen LogP contribution in [0.5, 0.6) is 0 Å². The van der Waals surface area contributed by atoms with Crippen LogP contribution >= 0.6 is 12.2 Å². The summed E-state index contributed by atoms with van der Waals surface area (Å²) in [7, 11) is 1.83. The van der Waals surface area contributed by atoms with Crippen molar-refractivity contribution in [1.82, 2.24) is 4.90 Å². The monoisotopic (exact) mass is 290 g/mol. The van der Waals surface area contributed by atoms with E-state index >= 15 is 0 Å². The zero-order valence-corrected chi connectivity index (χ0v) is 11.7. The molecule has 0 bridgehead atoms. The summed E-state index contributed by atoms with van der Waals surface area (Å²) < 4.78 is 37.7. The van der Waals surface area contributed by atoms with E-state index in [1.807, 2.05) is 18.9 Å². The van der Waals surface area contributed by atoms with Crippen molar-refractivity contribution in [3.05, 3.63) is 35.4 Å². The van der Waals surface area contributed by atoms with Crippen LogP contribution in [-0.4, -0.2) is 23.5 Å². The second kappa shape index (κ2) is 6.34. The zero-order chi connectivity index (χ0) is 14.6. The lowest BCUT2D eigenvalue weighted by Gasteiger charge is -2.21. The molecule has 2 nitrogen and oxygen atoms in total. The molecule has 0 saturated heterocycles. The van der Waals surface area contributed by atoms with Gasteiger partial charge in [0.15, 0.2) is 0 Å². The van der Waals surface area contributed by atoms with E-state index in [1.54, 1.807) is 6.07 Å². The Morgan fingerprint density at radius 3 is 2.58 bits per heavy atom. The highest BCUT2D eigenvalue weighted by Crippen LogP contribution is 2.29. The predicted molar refractivity (Wildman–Crippen MR) is 73.7 cm³/mol. The summed E-state index contributed by atoms with van der Waals surface area (Å²) in [6.07, 6.45) is -4.30. The number of thiocarbonyl (C=S) groups is 1. The molecule has 0 amide bonds. The third-order valence-corrected chi connectivity index (χ3v) is 3.18. The number of rotatable bonds is 5. The van der Waals surface area contributed by atoms with Crippen LogP contribution in [0.4, 0.5) is 13.2 Å². The molecular formula is C13H17F3N2S. The van der Waals surface area contributed by atoms with Crippen molar-refractivity contribution >= 4 is 17.2 Å². The van der Waals surface area contributed by atoms with Crippen molar-refractivity contribution in [2.45, 2.75) is 19.6 Å².